The van der Waals surface area contributed by atoms with E-state index in [1.54, 1.807) is 5.57 Å². The molecule has 4 nitrogen and oxygen atoms in total. The molecule has 0 unspecified atom stereocenters. The Bertz CT molecular complexity index is 903. The van der Waals surface area contributed by atoms with Gasteiger partial charge < -0.3 is 14.9 Å². The van der Waals surface area contributed by atoms with E-state index in [2.05, 4.69) is 47.6 Å². The third-order valence-electron chi connectivity index (χ3n) is 12.6. The van der Waals surface area contributed by atoms with Crippen molar-refractivity contribution in [1.82, 2.24) is 0 Å². The lowest BCUT2D eigenvalue weighted by atomic mass is 9.41. The van der Waals surface area contributed by atoms with Crippen molar-refractivity contribution >= 4 is 5.78 Å². The van der Waals surface area contributed by atoms with Gasteiger partial charge in [0.1, 0.15) is 18.0 Å². The quantitative estimate of drug-likeness (QED) is 0.506. The van der Waals surface area contributed by atoms with Gasteiger partial charge in [-0.3, -0.25) is 4.79 Å². The zero-order valence-electron chi connectivity index (χ0n) is 22.8. The topological polar surface area (TPSA) is 66.8 Å². The summed E-state index contributed by atoms with van der Waals surface area (Å²) in [6, 6.07) is 0. The first-order valence-electron chi connectivity index (χ1n) is 13.9. The normalized spacial score (nSPS) is 52.4. The van der Waals surface area contributed by atoms with Gasteiger partial charge in [-0.2, -0.15) is 0 Å². The molecule has 4 heteroatoms. The van der Waals surface area contributed by atoms with Crippen LogP contribution in [0.4, 0.5) is 0 Å². The number of aliphatic hydroxyl groups excluding tert-OH is 2. The number of Topliss-reactive ketones (excluding diaryl/α,β-unsaturated/α-hetero) is 1. The highest BCUT2D eigenvalue weighted by Crippen LogP contribution is 2.73. The fourth-order valence-electron chi connectivity index (χ4n) is 10.1. The molecule has 0 spiro atoms. The second-order valence-electron chi connectivity index (χ2n) is 14.6. The van der Waals surface area contributed by atoms with Gasteiger partial charge in [-0.1, -0.05) is 53.2 Å². The number of ketones is 1. The molecule has 0 radical (unpaired) electrons. The van der Waals surface area contributed by atoms with Gasteiger partial charge in [0.25, 0.3) is 0 Å². The van der Waals surface area contributed by atoms with Gasteiger partial charge in [0, 0.05) is 11.8 Å². The Balaban J connectivity index is 1.47. The summed E-state index contributed by atoms with van der Waals surface area (Å²) >= 11 is 0. The third kappa shape index (κ3) is 2.97. The van der Waals surface area contributed by atoms with Crippen LogP contribution in [0.1, 0.15) is 100 Å². The van der Waals surface area contributed by atoms with Gasteiger partial charge in [0.05, 0.1) is 11.7 Å². The number of hydrogen-bond donors (Lipinski definition) is 2. The molecule has 5 rings (SSSR count). The van der Waals surface area contributed by atoms with E-state index in [0.29, 0.717) is 23.5 Å². The van der Waals surface area contributed by atoms with Crippen molar-refractivity contribution in [1.29, 1.82) is 0 Å². The van der Waals surface area contributed by atoms with Gasteiger partial charge in [0.15, 0.2) is 0 Å². The third-order valence-corrected chi connectivity index (χ3v) is 12.6. The van der Waals surface area contributed by atoms with Gasteiger partial charge in [-0.15, -0.1) is 0 Å². The van der Waals surface area contributed by atoms with Crippen LogP contribution in [0.5, 0.6) is 0 Å². The predicted octanol–water partition coefficient (Wildman–Crippen LogP) is 5.70. The van der Waals surface area contributed by atoms with Crippen molar-refractivity contribution in [2.24, 2.45) is 45.3 Å². The summed E-state index contributed by atoms with van der Waals surface area (Å²) in [5.41, 5.74) is 1.24. The molecule has 0 aromatic carbocycles. The molecule has 4 fully saturated rings. The van der Waals surface area contributed by atoms with Crippen molar-refractivity contribution in [2.45, 2.75) is 124 Å². The zero-order valence-corrected chi connectivity index (χ0v) is 22.8. The summed E-state index contributed by atoms with van der Waals surface area (Å²) in [7, 11) is 0. The molecule has 5 aliphatic rings. The highest BCUT2D eigenvalue weighted by molar-refractivity contribution is 5.85. The minimum atomic E-state index is -0.841. The van der Waals surface area contributed by atoms with Gasteiger partial charge in [0.2, 0.25) is 0 Å². The van der Waals surface area contributed by atoms with Crippen molar-refractivity contribution in [2.75, 3.05) is 0 Å². The summed E-state index contributed by atoms with van der Waals surface area (Å²) < 4.78 is 6.28. The Morgan fingerprint density at radius 2 is 1.68 bits per heavy atom. The Labute approximate surface area is 206 Å². The van der Waals surface area contributed by atoms with E-state index in [4.69, 9.17) is 4.74 Å². The van der Waals surface area contributed by atoms with Crippen molar-refractivity contribution in [3.63, 3.8) is 0 Å². The lowest BCUT2D eigenvalue weighted by Gasteiger charge is -2.63. The smallest absolute Gasteiger partial charge is 0.138 e. The van der Waals surface area contributed by atoms with Crippen molar-refractivity contribution < 1.29 is 19.7 Å². The highest BCUT2D eigenvalue weighted by Gasteiger charge is 2.66. The first kappa shape index (κ1) is 25.0. The Morgan fingerprint density at radius 1 is 1.00 bits per heavy atom. The van der Waals surface area contributed by atoms with E-state index in [0.717, 1.165) is 25.7 Å². The van der Waals surface area contributed by atoms with Gasteiger partial charge in [-0.25, -0.2) is 0 Å². The summed E-state index contributed by atoms with van der Waals surface area (Å²) in [5, 5.41) is 21.5. The summed E-state index contributed by atoms with van der Waals surface area (Å²) in [6.45, 7) is 17.9. The van der Waals surface area contributed by atoms with Crippen molar-refractivity contribution in [3.05, 3.63) is 11.6 Å². The van der Waals surface area contributed by atoms with Crippen LogP contribution in [0.25, 0.3) is 0 Å². The molecule has 0 amide bonds. The number of fused-ring (bicyclic) bond motifs is 5. The van der Waals surface area contributed by atoms with E-state index < -0.39 is 17.8 Å². The fourth-order valence-corrected chi connectivity index (χ4v) is 10.1. The summed E-state index contributed by atoms with van der Waals surface area (Å²) in [4.78, 5) is 12.8. The maximum atomic E-state index is 12.8. The van der Waals surface area contributed by atoms with Crippen LogP contribution in [0.2, 0.25) is 0 Å². The molecular formula is C30H48O4. The molecule has 1 aliphatic heterocycles. The molecule has 3 saturated carbocycles. The lowest BCUT2D eigenvalue weighted by molar-refractivity contribution is -0.146. The van der Waals surface area contributed by atoms with Crippen LogP contribution >= 0.6 is 0 Å². The monoisotopic (exact) mass is 472 g/mol. The molecule has 4 aliphatic carbocycles. The Morgan fingerprint density at radius 3 is 2.29 bits per heavy atom. The number of ether oxygens (including phenoxy) is 1. The van der Waals surface area contributed by atoms with E-state index >= 15 is 0 Å². The van der Waals surface area contributed by atoms with Crippen molar-refractivity contribution in [3.8, 4) is 0 Å². The molecule has 1 saturated heterocycles. The Kier molecular flexibility index (Phi) is 5.44. The summed E-state index contributed by atoms with van der Waals surface area (Å²) in [5.74, 6) is 2.10. The maximum Gasteiger partial charge on any atom is 0.138 e. The summed E-state index contributed by atoms with van der Waals surface area (Å²) in [6.07, 6.45) is 8.07. The second-order valence-corrected chi connectivity index (χ2v) is 14.6. The van der Waals surface area contributed by atoms with Crippen LogP contribution in [0.15, 0.2) is 11.6 Å². The van der Waals surface area contributed by atoms with Gasteiger partial charge >= 0.3 is 0 Å². The maximum absolute atomic E-state index is 12.8. The molecule has 1 heterocycles. The van der Waals surface area contributed by atoms with Crippen LogP contribution < -0.4 is 0 Å². The SMILES string of the molecule is C[C@@H]([C@@H]1OC(C)(C)[C@@H](O)[C@H]1O)[C@@H]1CC[C@]2(C)C3=CC[C@@H]4C(C)(C)C(=O)CC[C@@]4(C)[C@@H]3CC[C@@]12C. The average Bonchev–Trinajstić information content (AvgIpc) is 3.15. The number of carbonyl (C=O) groups is 1. The van der Waals surface area contributed by atoms with E-state index in [9.17, 15) is 15.0 Å². The predicted molar refractivity (Wildman–Crippen MR) is 134 cm³/mol. The van der Waals surface area contributed by atoms with E-state index in [-0.39, 0.29) is 33.7 Å². The molecular weight excluding hydrogens is 424 g/mol. The fraction of sp³-hybridized carbons (Fsp3) is 0.900. The second kappa shape index (κ2) is 7.42. The largest absolute Gasteiger partial charge is 0.388 e. The molecule has 10 atom stereocenters. The average molecular weight is 473 g/mol. The standard InChI is InChI=1S/C30H48O4/c1-17(24-23(32)25(33)27(4,5)34-24)18-11-15-30(8)20-9-10-21-26(2,3)22(31)13-14-28(21,6)19(20)12-16-29(18,30)7/h9,17-19,21,23-25,32-33H,10-16H2,1-8H3/t17-,18+,19-,21-,23+,24+,25+,28+,29+,30-/m1/s1. The molecule has 192 valence electrons. The molecule has 0 aromatic rings. The van der Waals surface area contributed by atoms with Gasteiger partial charge in [-0.05, 0) is 92.3 Å². The first-order chi connectivity index (χ1) is 15.6. The van der Waals surface area contributed by atoms with Crippen LogP contribution in [-0.2, 0) is 9.53 Å². The molecule has 0 bridgehead atoms. The Hall–Kier alpha value is -0.710. The van der Waals surface area contributed by atoms with Crippen LogP contribution in [0.3, 0.4) is 0 Å². The molecule has 2 N–H and O–H groups in total. The molecule has 0 aromatic heterocycles. The molecule has 34 heavy (non-hydrogen) atoms. The number of aliphatic hydroxyl groups is 2. The van der Waals surface area contributed by atoms with E-state index in [1.165, 1.54) is 19.3 Å². The van der Waals surface area contributed by atoms with E-state index in [1.807, 2.05) is 13.8 Å². The number of carbonyl (C=O) groups excluding carboxylic acids is 1. The first-order valence-corrected chi connectivity index (χ1v) is 13.9. The number of rotatable bonds is 2. The lowest BCUT2D eigenvalue weighted by Crippen LogP contribution is -2.57. The van der Waals surface area contributed by atoms with Crippen LogP contribution in [-0.4, -0.2) is 39.9 Å². The van der Waals surface area contributed by atoms with Crippen LogP contribution in [0, 0.1) is 45.3 Å². The minimum absolute atomic E-state index is 0.145. The number of hydrogen-bond acceptors (Lipinski definition) is 4. The zero-order chi connectivity index (χ0) is 25.1. The highest BCUT2D eigenvalue weighted by atomic mass is 16.6. The minimum Gasteiger partial charge on any atom is -0.388 e. The number of allylic oxidation sites excluding steroid dienone is 2.